The molecule has 7 nitrogen and oxygen atoms in total. The van der Waals surface area contributed by atoms with Crippen molar-refractivity contribution in [2.45, 2.75) is 31.7 Å². The maximum absolute atomic E-state index is 12.6. The van der Waals surface area contributed by atoms with Crippen molar-refractivity contribution in [2.24, 2.45) is 0 Å². The summed E-state index contributed by atoms with van der Waals surface area (Å²) in [4.78, 5) is 15.9. The highest BCUT2D eigenvalue weighted by molar-refractivity contribution is 5.58. The van der Waals surface area contributed by atoms with Crippen molar-refractivity contribution in [1.82, 2.24) is 4.98 Å². The molecule has 1 saturated heterocycles. The molecule has 1 aliphatic rings. The zero-order chi connectivity index (χ0) is 21.9. The van der Waals surface area contributed by atoms with Gasteiger partial charge in [0, 0.05) is 43.1 Å². The third kappa shape index (κ3) is 5.24. The van der Waals surface area contributed by atoms with Crippen LogP contribution in [0.4, 0.5) is 39.1 Å². The van der Waals surface area contributed by atoms with Gasteiger partial charge in [0.05, 0.1) is 10.5 Å². The van der Waals surface area contributed by atoms with Crippen LogP contribution in [0.5, 0.6) is 5.75 Å². The Morgan fingerprint density at radius 2 is 1.90 bits per heavy atom. The molecular formula is C18H17F5N4O3. The van der Waals surface area contributed by atoms with Crippen LogP contribution in [0.1, 0.15) is 18.4 Å². The van der Waals surface area contributed by atoms with Gasteiger partial charge in [0.25, 0.3) is 0 Å². The fourth-order valence-electron chi connectivity index (χ4n) is 3.17. The number of aromatic nitrogens is 1. The van der Waals surface area contributed by atoms with Gasteiger partial charge in [-0.2, -0.15) is 22.0 Å². The summed E-state index contributed by atoms with van der Waals surface area (Å²) in [5.41, 5.74) is -0.991. The first-order valence-corrected chi connectivity index (χ1v) is 8.91. The lowest BCUT2D eigenvalue weighted by Gasteiger charge is -2.33. The van der Waals surface area contributed by atoms with E-state index < -0.39 is 34.7 Å². The maximum atomic E-state index is 12.6. The number of hydrogen-bond donors (Lipinski definition) is 1. The van der Waals surface area contributed by atoms with Crippen molar-refractivity contribution in [3.8, 4) is 5.75 Å². The van der Waals surface area contributed by atoms with Crippen LogP contribution in [0.3, 0.4) is 0 Å². The second-order valence-electron chi connectivity index (χ2n) is 6.63. The lowest BCUT2D eigenvalue weighted by atomic mass is 10.0. The molecule has 162 valence electrons. The van der Waals surface area contributed by atoms with Crippen LogP contribution >= 0.6 is 0 Å². The number of benzene rings is 1. The lowest BCUT2D eigenvalue weighted by Crippen LogP contribution is -2.39. The van der Waals surface area contributed by atoms with E-state index in [0.29, 0.717) is 37.4 Å². The van der Waals surface area contributed by atoms with Crippen LogP contribution in [-0.4, -0.2) is 35.7 Å². The third-order valence-electron chi connectivity index (χ3n) is 4.64. The molecule has 0 spiro atoms. The third-order valence-corrected chi connectivity index (χ3v) is 4.64. The summed E-state index contributed by atoms with van der Waals surface area (Å²) in [5, 5.41) is 14.1. The number of rotatable bonds is 6. The molecule has 0 aliphatic carbocycles. The lowest BCUT2D eigenvalue weighted by molar-refractivity contribution is -0.386. The highest BCUT2D eigenvalue weighted by atomic mass is 19.4. The van der Waals surface area contributed by atoms with Crippen LogP contribution in [0, 0.1) is 10.1 Å². The Morgan fingerprint density at radius 1 is 1.20 bits per heavy atom. The van der Waals surface area contributed by atoms with E-state index in [0.717, 1.165) is 24.4 Å². The molecule has 0 radical (unpaired) electrons. The highest BCUT2D eigenvalue weighted by Crippen LogP contribution is 2.33. The average molecular weight is 432 g/mol. The largest absolute Gasteiger partial charge is 0.427 e. The van der Waals surface area contributed by atoms with E-state index in [9.17, 15) is 32.1 Å². The number of alkyl halides is 5. The Balaban J connectivity index is 1.61. The number of pyridine rings is 1. The fourth-order valence-corrected chi connectivity index (χ4v) is 3.17. The Morgan fingerprint density at radius 3 is 2.43 bits per heavy atom. The number of hydrogen-bond acceptors (Lipinski definition) is 6. The second kappa shape index (κ2) is 8.67. The molecule has 0 bridgehead atoms. The summed E-state index contributed by atoms with van der Waals surface area (Å²) in [6, 6.07) is 5.88. The van der Waals surface area contributed by atoms with Gasteiger partial charge in [0.15, 0.2) is 0 Å². The summed E-state index contributed by atoms with van der Waals surface area (Å²) < 4.78 is 67.2. The normalized spacial score (nSPS) is 15.3. The van der Waals surface area contributed by atoms with Gasteiger partial charge < -0.3 is 15.0 Å². The molecule has 30 heavy (non-hydrogen) atoms. The number of nitrogens with zero attached hydrogens (tertiary/aromatic N) is 3. The summed E-state index contributed by atoms with van der Waals surface area (Å²) in [7, 11) is 0. The van der Waals surface area contributed by atoms with Gasteiger partial charge in [-0.1, -0.05) is 0 Å². The van der Waals surface area contributed by atoms with E-state index in [1.54, 1.807) is 0 Å². The number of nitrogens with one attached hydrogen (secondary N) is 1. The summed E-state index contributed by atoms with van der Waals surface area (Å²) in [5.74, 6) is -0.101. The SMILES string of the molecule is O=[N+]([O-])c1ccc(NC2CCN(c3ccc(C(F)(F)F)cn3)CC2)cc1OC(F)F. The molecule has 1 fully saturated rings. The Bertz CT molecular complexity index is 884. The molecule has 1 aliphatic heterocycles. The minimum Gasteiger partial charge on any atom is -0.427 e. The van der Waals surface area contributed by atoms with Crippen LogP contribution in [0.25, 0.3) is 0 Å². The van der Waals surface area contributed by atoms with Crippen LogP contribution in [0.15, 0.2) is 36.5 Å². The number of nitro groups is 1. The number of anilines is 2. The monoisotopic (exact) mass is 432 g/mol. The minimum atomic E-state index is -4.44. The van der Waals surface area contributed by atoms with Crippen molar-refractivity contribution < 1.29 is 31.6 Å². The first-order chi connectivity index (χ1) is 14.1. The van der Waals surface area contributed by atoms with Gasteiger partial charge in [0.2, 0.25) is 5.75 Å². The van der Waals surface area contributed by atoms with E-state index in [-0.39, 0.29) is 6.04 Å². The molecule has 12 heteroatoms. The van der Waals surface area contributed by atoms with Crippen molar-refractivity contribution in [3.05, 3.63) is 52.2 Å². The molecule has 2 aromatic rings. The molecule has 0 saturated carbocycles. The molecule has 2 heterocycles. The predicted octanol–water partition coefficient (Wildman–Crippen LogP) is 4.69. The van der Waals surface area contributed by atoms with Gasteiger partial charge in [-0.05, 0) is 31.0 Å². The van der Waals surface area contributed by atoms with Crippen molar-refractivity contribution in [2.75, 3.05) is 23.3 Å². The van der Waals surface area contributed by atoms with Crippen molar-refractivity contribution >= 4 is 17.2 Å². The van der Waals surface area contributed by atoms with Crippen molar-refractivity contribution in [3.63, 3.8) is 0 Å². The molecule has 3 rings (SSSR count). The number of halogens is 5. The van der Waals surface area contributed by atoms with E-state index in [1.165, 1.54) is 12.1 Å². The highest BCUT2D eigenvalue weighted by Gasteiger charge is 2.31. The van der Waals surface area contributed by atoms with E-state index in [2.05, 4.69) is 15.0 Å². The standard InChI is InChI=1S/C18H17F5N4O3/c19-17(20)30-15-9-13(2-3-14(15)27(28)29)25-12-5-7-26(8-6-12)16-4-1-11(10-24-16)18(21,22)23/h1-4,9-10,12,17,25H,5-8H2. The van der Waals surface area contributed by atoms with Gasteiger partial charge in [-0.3, -0.25) is 10.1 Å². The Hall–Kier alpha value is -3.18. The summed E-state index contributed by atoms with van der Waals surface area (Å²) in [6.07, 6.45) is -2.45. The first-order valence-electron chi connectivity index (χ1n) is 8.91. The smallest absolute Gasteiger partial charge is 0.417 e. The average Bonchev–Trinajstić information content (AvgIpc) is 2.67. The zero-order valence-corrected chi connectivity index (χ0v) is 15.4. The van der Waals surface area contributed by atoms with Gasteiger partial charge >= 0.3 is 18.5 Å². The van der Waals surface area contributed by atoms with Crippen molar-refractivity contribution in [1.29, 1.82) is 0 Å². The zero-order valence-electron chi connectivity index (χ0n) is 15.4. The van der Waals surface area contributed by atoms with Crippen LogP contribution in [0.2, 0.25) is 0 Å². The molecule has 0 unspecified atom stereocenters. The van der Waals surface area contributed by atoms with E-state index >= 15 is 0 Å². The van der Waals surface area contributed by atoms with Gasteiger partial charge in [-0.15, -0.1) is 0 Å². The molecule has 0 atom stereocenters. The summed E-state index contributed by atoms with van der Waals surface area (Å²) >= 11 is 0. The topological polar surface area (TPSA) is 80.5 Å². The maximum Gasteiger partial charge on any atom is 0.417 e. The van der Waals surface area contributed by atoms with Gasteiger partial charge in [0.1, 0.15) is 5.82 Å². The molecule has 1 aromatic carbocycles. The van der Waals surface area contributed by atoms with Crippen LogP contribution < -0.4 is 15.0 Å². The second-order valence-corrected chi connectivity index (χ2v) is 6.63. The summed E-state index contributed by atoms with van der Waals surface area (Å²) in [6.45, 7) is -2.16. The van der Waals surface area contributed by atoms with E-state index in [4.69, 9.17) is 0 Å². The number of nitro benzene ring substituents is 1. The minimum absolute atomic E-state index is 0.0587. The number of ether oxygens (including phenoxy) is 1. The fraction of sp³-hybridized carbons (Fsp3) is 0.389. The van der Waals surface area contributed by atoms with Gasteiger partial charge in [-0.25, -0.2) is 4.98 Å². The Kier molecular flexibility index (Phi) is 6.22. The molecule has 1 N–H and O–H groups in total. The number of piperidine rings is 1. The predicted molar refractivity (Wildman–Crippen MR) is 97.8 cm³/mol. The molecule has 0 amide bonds. The van der Waals surface area contributed by atoms with Crippen LogP contribution in [-0.2, 0) is 6.18 Å². The molecular weight excluding hydrogens is 415 g/mol. The first kappa shape index (κ1) is 21.5. The quantitative estimate of drug-likeness (QED) is 0.405. The van der Waals surface area contributed by atoms with E-state index in [1.807, 2.05) is 4.90 Å². The molecule has 1 aromatic heterocycles. The Labute approximate surface area is 167 Å².